The van der Waals surface area contributed by atoms with Crippen LogP contribution in [0.25, 0.3) is 0 Å². The van der Waals surface area contributed by atoms with Crippen LogP contribution in [0.2, 0.25) is 0 Å². The Hall–Kier alpha value is -0.540. The summed E-state index contributed by atoms with van der Waals surface area (Å²) < 4.78 is 6.41. The van der Waals surface area contributed by atoms with E-state index < -0.39 is 0 Å². The predicted octanol–water partition coefficient (Wildman–Crippen LogP) is 3.80. The molecule has 3 heteroatoms. The zero-order valence-corrected chi connectivity index (χ0v) is 12.4. The highest BCUT2D eigenvalue weighted by atomic mass is 79.9. The highest BCUT2D eigenvalue weighted by Gasteiger charge is 2.24. The Balaban J connectivity index is 2.95. The molecule has 1 aromatic carbocycles. The minimum atomic E-state index is -0.0666. The molecule has 0 spiro atoms. The summed E-state index contributed by atoms with van der Waals surface area (Å²) >= 11 is 3.48. The van der Waals surface area contributed by atoms with Crippen LogP contribution >= 0.6 is 15.9 Å². The maximum absolute atomic E-state index is 9.56. The Bertz CT molecular complexity index is 365. The van der Waals surface area contributed by atoms with Gasteiger partial charge in [0, 0.05) is 11.1 Å². The summed E-state index contributed by atoms with van der Waals surface area (Å²) in [6.45, 7) is 4.47. The van der Waals surface area contributed by atoms with E-state index in [9.17, 15) is 5.11 Å². The van der Waals surface area contributed by atoms with Gasteiger partial charge in [-0.05, 0) is 42.0 Å². The van der Waals surface area contributed by atoms with Gasteiger partial charge in [0.05, 0.1) is 7.11 Å². The first-order valence-electron chi connectivity index (χ1n) is 5.98. The summed E-state index contributed by atoms with van der Waals surface area (Å²) in [6.07, 6.45) is 2.92. The summed E-state index contributed by atoms with van der Waals surface area (Å²) in [5.74, 6) is 0.893. The van der Waals surface area contributed by atoms with Gasteiger partial charge in [-0.25, -0.2) is 0 Å². The van der Waals surface area contributed by atoms with E-state index in [0.717, 1.165) is 35.0 Å². The third kappa shape index (κ3) is 4.00. The van der Waals surface area contributed by atoms with Crippen LogP contribution in [-0.4, -0.2) is 18.8 Å². The lowest BCUT2D eigenvalue weighted by atomic mass is 9.80. The maximum Gasteiger partial charge on any atom is 0.122 e. The first kappa shape index (κ1) is 14.5. The molecule has 1 atom stereocenters. The molecule has 1 N–H and O–H groups in total. The van der Waals surface area contributed by atoms with Gasteiger partial charge in [-0.1, -0.05) is 36.2 Å². The van der Waals surface area contributed by atoms with Gasteiger partial charge in [-0.2, -0.15) is 0 Å². The Kier molecular flexibility index (Phi) is 5.47. The van der Waals surface area contributed by atoms with E-state index in [2.05, 4.69) is 35.8 Å². The van der Waals surface area contributed by atoms with E-state index in [1.54, 1.807) is 7.11 Å². The predicted molar refractivity (Wildman–Crippen MR) is 74.5 cm³/mol. The van der Waals surface area contributed by atoms with Crippen molar-refractivity contribution in [2.75, 3.05) is 13.7 Å². The molecule has 0 amide bonds. The SMILES string of the molecule is CCCC(C)(CO)Cc1cc(Br)ccc1OC. The van der Waals surface area contributed by atoms with E-state index >= 15 is 0 Å². The number of hydrogen-bond acceptors (Lipinski definition) is 2. The van der Waals surface area contributed by atoms with E-state index in [0.29, 0.717) is 0 Å². The molecule has 96 valence electrons. The summed E-state index contributed by atoms with van der Waals surface area (Å²) in [5, 5.41) is 9.56. The molecule has 0 saturated heterocycles. The number of aliphatic hydroxyl groups is 1. The lowest BCUT2D eigenvalue weighted by Crippen LogP contribution is -2.24. The average Bonchev–Trinajstić information content (AvgIpc) is 2.29. The molecule has 0 bridgehead atoms. The quantitative estimate of drug-likeness (QED) is 0.866. The number of halogens is 1. The van der Waals surface area contributed by atoms with Crippen molar-refractivity contribution in [1.29, 1.82) is 0 Å². The molecule has 0 aliphatic rings. The third-order valence-corrected chi connectivity index (χ3v) is 3.59. The fourth-order valence-corrected chi connectivity index (χ4v) is 2.58. The van der Waals surface area contributed by atoms with Crippen LogP contribution < -0.4 is 4.74 Å². The van der Waals surface area contributed by atoms with Crippen molar-refractivity contribution in [2.45, 2.75) is 33.1 Å². The average molecular weight is 301 g/mol. The molecule has 0 fully saturated rings. The number of methoxy groups -OCH3 is 1. The zero-order valence-electron chi connectivity index (χ0n) is 10.8. The maximum atomic E-state index is 9.56. The summed E-state index contributed by atoms with van der Waals surface area (Å²) in [6, 6.07) is 6.00. The van der Waals surface area contributed by atoms with E-state index in [1.165, 1.54) is 0 Å². The van der Waals surface area contributed by atoms with Gasteiger partial charge in [0.1, 0.15) is 5.75 Å². The van der Waals surface area contributed by atoms with E-state index in [4.69, 9.17) is 4.74 Å². The molecule has 1 rings (SSSR count). The highest BCUT2D eigenvalue weighted by Crippen LogP contribution is 2.33. The van der Waals surface area contributed by atoms with Crippen molar-refractivity contribution in [3.63, 3.8) is 0 Å². The minimum absolute atomic E-state index is 0.0666. The second kappa shape index (κ2) is 6.41. The minimum Gasteiger partial charge on any atom is -0.496 e. The largest absolute Gasteiger partial charge is 0.496 e. The standard InChI is InChI=1S/C14H21BrO2/c1-4-7-14(2,10-16)9-11-8-12(15)5-6-13(11)17-3/h5-6,8,16H,4,7,9-10H2,1-3H3. The number of hydrogen-bond donors (Lipinski definition) is 1. The van der Waals surface area contributed by atoms with E-state index in [-0.39, 0.29) is 12.0 Å². The van der Waals surface area contributed by atoms with Crippen molar-refractivity contribution in [3.05, 3.63) is 28.2 Å². The summed E-state index contributed by atoms with van der Waals surface area (Å²) in [4.78, 5) is 0. The fraction of sp³-hybridized carbons (Fsp3) is 0.571. The van der Waals surface area contributed by atoms with Crippen molar-refractivity contribution in [2.24, 2.45) is 5.41 Å². The van der Waals surface area contributed by atoms with Crippen LogP contribution in [0.3, 0.4) is 0 Å². The van der Waals surface area contributed by atoms with Gasteiger partial charge in [-0.3, -0.25) is 0 Å². The molecule has 0 aliphatic heterocycles. The Morgan fingerprint density at radius 1 is 1.41 bits per heavy atom. The lowest BCUT2D eigenvalue weighted by Gasteiger charge is -2.27. The third-order valence-electron chi connectivity index (χ3n) is 3.09. The number of benzene rings is 1. The van der Waals surface area contributed by atoms with Crippen LogP contribution in [0.5, 0.6) is 5.75 Å². The highest BCUT2D eigenvalue weighted by molar-refractivity contribution is 9.10. The van der Waals surface area contributed by atoms with E-state index in [1.807, 2.05) is 12.1 Å². The molecule has 0 heterocycles. The van der Waals surface area contributed by atoms with Gasteiger partial charge in [0.2, 0.25) is 0 Å². The Morgan fingerprint density at radius 2 is 2.12 bits per heavy atom. The smallest absolute Gasteiger partial charge is 0.122 e. The number of ether oxygens (including phenoxy) is 1. The summed E-state index contributed by atoms with van der Waals surface area (Å²) in [7, 11) is 1.68. The number of aliphatic hydroxyl groups excluding tert-OH is 1. The topological polar surface area (TPSA) is 29.5 Å². The van der Waals surface area contributed by atoms with Gasteiger partial charge in [0.15, 0.2) is 0 Å². The molecule has 0 saturated carbocycles. The first-order chi connectivity index (χ1) is 8.04. The van der Waals surface area contributed by atoms with Gasteiger partial charge in [-0.15, -0.1) is 0 Å². The molecular weight excluding hydrogens is 280 g/mol. The molecule has 0 radical (unpaired) electrons. The van der Waals surface area contributed by atoms with Crippen molar-refractivity contribution >= 4 is 15.9 Å². The van der Waals surface area contributed by atoms with Crippen LogP contribution in [-0.2, 0) is 6.42 Å². The molecule has 0 aromatic heterocycles. The summed E-state index contributed by atoms with van der Waals surface area (Å²) in [5.41, 5.74) is 1.08. The number of rotatable bonds is 6. The van der Waals surface area contributed by atoms with Crippen LogP contribution in [0.4, 0.5) is 0 Å². The Labute approximate surface area is 112 Å². The first-order valence-corrected chi connectivity index (χ1v) is 6.77. The second-order valence-corrected chi connectivity index (χ2v) is 5.77. The van der Waals surface area contributed by atoms with Gasteiger partial charge >= 0.3 is 0 Å². The molecule has 1 aromatic rings. The second-order valence-electron chi connectivity index (χ2n) is 4.85. The van der Waals surface area contributed by atoms with Crippen LogP contribution in [0, 0.1) is 5.41 Å². The normalized spacial score (nSPS) is 14.4. The monoisotopic (exact) mass is 300 g/mol. The fourth-order valence-electron chi connectivity index (χ4n) is 2.17. The molecule has 0 aliphatic carbocycles. The molecule has 1 unspecified atom stereocenters. The molecule has 17 heavy (non-hydrogen) atoms. The van der Waals surface area contributed by atoms with Crippen LogP contribution in [0.15, 0.2) is 22.7 Å². The molecular formula is C14H21BrO2. The van der Waals surface area contributed by atoms with Gasteiger partial charge < -0.3 is 9.84 Å². The van der Waals surface area contributed by atoms with Crippen molar-refractivity contribution < 1.29 is 9.84 Å². The molecule has 2 nitrogen and oxygen atoms in total. The zero-order chi connectivity index (χ0) is 12.9. The lowest BCUT2D eigenvalue weighted by molar-refractivity contribution is 0.130. The van der Waals surface area contributed by atoms with Crippen molar-refractivity contribution in [3.8, 4) is 5.75 Å². The van der Waals surface area contributed by atoms with Crippen LogP contribution in [0.1, 0.15) is 32.3 Å². The van der Waals surface area contributed by atoms with Crippen molar-refractivity contribution in [1.82, 2.24) is 0 Å². The van der Waals surface area contributed by atoms with Gasteiger partial charge in [0.25, 0.3) is 0 Å². The Morgan fingerprint density at radius 3 is 2.65 bits per heavy atom.